The van der Waals surface area contributed by atoms with Crippen molar-refractivity contribution in [1.82, 2.24) is 24.5 Å². The van der Waals surface area contributed by atoms with Gasteiger partial charge in [-0.3, -0.25) is 19.5 Å². The normalized spacial score (nSPS) is 16.8. The van der Waals surface area contributed by atoms with Crippen LogP contribution < -0.4 is 5.32 Å². The van der Waals surface area contributed by atoms with E-state index in [1.807, 2.05) is 42.6 Å². The van der Waals surface area contributed by atoms with Gasteiger partial charge in [0.1, 0.15) is 5.82 Å². The molecule has 1 amide bonds. The predicted molar refractivity (Wildman–Crippen MR) is 136 cm³/mol. The van der Waals surface area contributed by atoms with Crippen LogP contribution >= 0.6 is 0 Å². The third-order valence-electron chi connectivity index (χ3n) is 7.17. The molecule has 8 heteroatoms. The van der Waals surface area contributed by atoms with Gasteiger partial charge < -0.3 is 5.32 Å². The zero-order valence-corrected chi connectivity index (χ0v) is 20.0. The molecule has 1 saturated heterocycles. The summed E-state index contributed by atoms with van der Waals surface area (Å²) < 4.78 is 1.75. The summed E-state index contributed by atoms with van der Waals surface area (Å²) in [5.41, 5.74) is 4.21. The molecule has 2 aliphatic rings. The van der Waals surface area contributed by atoms with Crippen molar-refractivity contribution in [2.24, 2.45) is 0 Å². The second-order valence-corrected chi connectivity index (χ2v) is 9.71. The molecule has 182 valence electrons. The number of likely N-dealkylation sites (tertiary alicyclic amines) is 1. The molecule has 0 unspecified atom stereocenters. The van der Waals surface area contributed by atoms with Crippen LogP contribution in [0.2, 0.25) is 0 Å². The highest BCUT2D eigenvalue weighted by molar-refractivity contribution is 6.03. The van der Waals surface area contributed by atoms with Crippen LogP contribution in [0, 0.1) is 0 Å². The van der Waals surface area contributed by atoms with E-state index in [1.165, 1.54) is 0 Å². The lowest BCUT2D eigenvalue weighted by Gasteiger charge is -2.31. The van der Waals surface area contributed by atoms with Crippen molar-refractivity contribution in [2.45, 2.75) is 37.5 Å². The zero-order chi connectivity index (χ0) is 24.5. The summed E-state index contributed by atoms with van der Waals surface area (Å²) >= 11 is 0. The predicted octanol–water partition coefficient (Wildman–Crippen LogP) is 4.32. The molecular formula is C28H28N6O2. The second-order valence-electron chi connectivity index (χ2n) is 9.71. The molecule has 36 heavy (non-hydrogen) atoms. The van der Waals surface area contributed by atoms with Crippen LogP contribution in [-0.2, 0) is 0 Å². The van der Waals surface area contributed by atoms with Crippen LogP contribution in [0.4, 0.5) is 5.82 Å². The summed E-state index contributed by atoms with van der Waals surface area (Å²) in [5.74, 6) is 1.31. The summed E-state index contributed by atoms with van der Waals surface area (Å²) in [6, 6.07) is 14.9. The van der Waals surface area contributed by atoms with Gasteiger partial charge in [0, 0.05) is 41.2 Å². The molecule has 0 spiro atoms. The van der Waals surface area contributed by atoms with Crippen LogP contribution in [-0.4, -0.2) is 55.8 Å². The number of rotatable bonds is 7. The van der Waals surface area contributed by atoms with Gasteiger partial charge in [0.25, 0.3) is 5.91 Å². The van der Waals surface area contributed by atoms with Gasteiger partial charge in [0.2, 0.25) is 0 Å². The minimum atomic E-state index is -0.223. The number of pyridine rings is 1. The Morgan fingerprint density at radius 3 is 2.42 bits per heavy atom. The van der Waals surface area contributed by atoms with E-state index in [0.29, 0.717) is 23.8 Å². The SMILES string of the molecule is O=C(CN1CCC(c2cc(NC(=O)c3cccnc3)n3ncc(C4CC4)c3n2)CC1)c1ccccc1. The Hall–Kier alpha value is -3.91. The average molecular weight is 481 g/mol. The van der Waals surface area contributed by atoms with Gasteiger partial charge in [-0.25, -0.2) is 4.98 Å². The van der Waals surface area contributed by atoms with E-state index in [2.05, 4.69) is 20.3 Å². The Labute approximate surface area is 209 Å². The number of carbonyl (C=O) groups is 2. The number of fused-ring (bicyclic) bond motifs is 1. The second kappa shape index (κ2) is 9.62. The molecule has 1 N–H and O–H groups in total. The number of benzene rings is 1. The Morgan fingerprint density at radius 1 is 0.917 bits per heavy atom. The van der Waals surface area contributed by atoms with Gasteiger partial charge in [0.15, 0.2) is 11.4 Å². The standard InChI is InChI=1S/C28H28N6O2/c35-25(21-5-2-1-3-6-21)18-33-13-10-20(11-14-33)24-15-26(32-28(36)22-7-4-12-29-16-22)34-27(31-24)23(17-30-34)19-8-9-19/h1-7,12,15-17,19-20H,8-11,13-14,18H2,(H,32,36). The van der Waals surface area contributed by atoms with Gasteiger partial charge in [-0.2, -0.15) is 9.61 Å². The van der Waals surface area contributed by atoms with Crippen molar-refractivity contribution in [3.63, 3.8) is 0 Å². The minimum absolute atomic E-state index is 0.155. The van der Waals surface area contributed by atoms with E-state index in [1.54, 1.807) is 29.0 Å². The first-order chi connectivity index (χ1) is 17.7. The van der Waals surface area contributed by atoms with E-state index in [4.69, 9.17) is 4.98 Å². The molecule has 8 nitrogen and oxygen atoms in total. The monoisotopic (exact) mass is 480 g/mol. The fourth-order valence-electron chi connectivity index (χ4n) is 4.97. The number of hydrogen-bond donors (Lipinski definition) is 1. The summed E-state index contributed by atoms with van der Waals surface area (Å²) in [4.78, 5) is 36.9. The van der Waals surface area contributed by atoms with Crippen molar-refractivity contribution in [3.8, 4) is 0 Å². The van der Waals surface area contributed by atoms with Crippen LogP contribution in [0.5, 0.6) is 0 Å². The molecule has 1 saturated carbocycles. The number of ketones is 1. The maximum absolute atomic E-state index is 12.9. The van der Waals surface area contributed by atoms with Gasteiger partial charge in [-0.1, -0.05) is 30.3 Å². The first-order valence-corrected chi connectivity index (χ1v) is 12.6. The molecule has 6 rings (SSSR count). The fraction of sp³-hybridized carbons (Fsp3) is 0.321. The molecule has 4 aromatic rings. The largest absolute Gasteiger partial charge is 0.306 e. The lowest BCUT2D eigenvalue weighted by molar-refractivity contribution is 0.0908. The third kappa shape index (κ3) is 4.64. The van der Waals surface area contributed by atoms with Crippen molar-refractivity contribution < 1.29 is 9.59 Å². The topological polar surface area (TPSA) is 92.5 Å². The first kappa shape index (κ1) is 22.5. The summed E-state index contributed by atoms with van der Waals surface area (Å²) in [7, 11) is 0. The molecule has 1 aliphatic carbocycles. The first-order valence-electron chi connectivity index (χ1n) is 12.6. The Bertz CT molecular complexity index is 1390. The van der Waals surface area contributed by atoms with Crippen LogP contribution in [0.1, 0.15) is 69.5 Å². The van der Waals surface area contributed by atoms with Gasteiger partial charge in [-0.15, -0.1) is 0 Å². The van der Waals surface area contributed by atoms with Gasteiger partial charge in [-0.05, 0) is 56.8 Å². The lowest BCUT2D eigenvalue weighted by Crippen LogP contribution is -2.37. The number of hydrogen-bond acceptors (Lipinski definition) is 6. The third-order valence-corrected chi connectivity index (χ3v) is 7.17. The quantitative estimate of drug-likeness (QED) is 0.396. The highest BCUT2D eigenvalue weighted by Gasteiger charge is 2.30. The van der Waals surface area contributed by atoms with Crippen LogP contribution in [0.25, 0.3) is 5.65 Å². The fourth-order valence-corrected chi connectivity index (χ4v) is 4.97. The van der Waals surface area contributed by atoms with E-state index in [-0.39, 0.29) is 17.6 Å². The number of nitrogens with zero attached hydrogens (tertiary/aromatic N) is 5. The van der Waals surface area contributed by atoms with Crippen molar-refractivity contribution in [1.29, 1.82) is 0 Å². The number of piperidine rings is 1. The summed E-state index contributed by atoms with van der Waals surface area (Å²) in [6.07, 6.45) is 9.22. The van der Waals surface area contributed by atoms with Crippen LogP contribution in [0.15, 0.2) is 67.1 Å². The Kier molecular flexibility index (Phi) is 6.03. The highest BCUT2D eigenvalue weighted by Crippen LogP contribution is 2.42. The number of anilines is 1. The maximum atomic E-state index is 12.9. The molecule has 1 aliphatic heterocycles. The molecular weight excluding hydrogens is 452 g/mol. The summed E-state index contributed by atoms with van der Waals surface area (Å²) in [5, 5.41) is 7.60. The zero-order valence-electron chi connectivity index (χ0n) is 20.0. The van der Waals surface area contributed by atoms with E-state index >= 15 is 0 Å². The smallest absolute Gasteiger partial charge is 0.258 e. The number of Topliss-reactive ketones (excluding diaryl/α,β-unsaturated/α-hetero) is 1. The molecule has 2 fully saturated rings. The Balaban J connectivity index is 1.22. The molecule has 0 atom stereocenters. The van der Waals surface area contributed by atoms with Crippen molar-refractivity contribution >= 4 is 23.2 Å². The number of nitrogens with one attached hydrogen (secondary N) is 1. The lowest BCUT2D eigenvalue weighted by atomic mass is 9.92. The Morgan fingerprint density at radius 2 is 1.69 bits per heavy atom. The van der Waals surface area contributed by atoms with E-state index < -0.39 is 0 Å². The molecule has 3 aromatic heterocycles. The molecule has 0 radical (unpaired) electrons. The average Bonchev–Trinajstić information content (AvgIpc) is 3.68. The number of carbonyl (C=O) groups excluding carboxylic acids is 2. The van der Waals surface area contributed by atoms with E-state index in [9.17, 15) is 9.59 Å². The van der Waals surface area contributed by atoms with Crippen LogP contribution in [0.3, 0.4) is 0 Å². The van der Waals surface area contributed by atoms with Gasteiger partial charge in [0.05, 0.1) is 18.3 Å². The molecule has 4 heterocycles. The summed E-state index contributed by atoms with van der Waals surface area (Å²) in [6.45, 7) is 2.11. The maximum Gasteiger partial charge on any atom is 0.258 e. The van der Waals surface area contributed by atoms with Crippen molar-refractivity contribution in [2.75, 3.05) is 25.0 Å². The minimum Gasteiger partial charge on any atom is -0.306 e. The molecule has 1 aromatic carbocycles. The molecule has 0 bridgehead atoms. The van der Waals surface area contributed by atoms with Gasteiger partial charge >= 0.3 is 0 Å². The highest BCUT2D eigenvalue weighted by atomic mass is 16.1. The number of aromatic nitrogens is 4. The van der Waals surface area contributed by atoms with Crippen molar-refractivity contribution in [3.05, 3.63) is 89.5 Å². The number of amides is 1. The van der Waals surface area contributed by atoms with E-state index in [0.717, 1.165) is 61.2 Å².